The highest BCUT2D eigenvalue weighted by Gasteiger charge is 2.57. The number of thiocarbonyl (C=S) groups is 1. The molecule has 8 nitrogen and oxygen atoms in total. The Morgan fingerprint density at radius 1 is 1.40 bits per heavy atom. The van der Waals surface area contributed by atoms with E-state index in [0.29, 0.717) is 22.4 Å². The number of hydrogen-bond acceptors (Lipinski definition) is 8. The first-order valence-electron chi connectivity index (χ1n) is 9.40. The Morgan fingerprint density at radius 2 is 2.07 bits per heavy atom. The van der Waals surface area contributed by atoms with E-state index >= 15 is 0 Å². The molecule has 0 bridgehead atoms. The molecule has 0 spiro atoms. The third-order valence-corrected chi connectivity index (χ3v) is 6.42. The first kappa shape index (κ1) is 22.4. The summed E-state index contributed by atoms with van der Waals surface area (Å²) >= 11 is 6.35. The summed E-state index contributed by atoms with van der Waals surface area (Å²) in [4.78, 5) is 39.6. The van der Waals surface area contributed by atoms with Crippen molar-refractivity contribution in [1.82, 2.24) is 4.90 Å². The van der Waals surface area contributed by atoms with Crippen LogP contribution < -0.4 is 5.73 Å². The molecule has 0 aromatic carbocycles. The van der Waals surface area contributed by atoms with Crippen molar-refractivity contribution in [3.63, 3.8) is 0 Å². The maximum Gasteiger partial charge on any atom is 0.358 e. The van der Waals surface area contributed by atoms with Crippen LogP contribution in [-0.2, 0) is 23.9 Å². The fourth-order valence-corrected chi connectivity index (χ4v) is 4.54. The van der Waals surface area contributed by atoms with Gasteiger partial charge in [0.15, 0.2) is 0 Å². The summed E-state index contributed by atoms with van der Waals surface area (Å²) in [5.41, 5.74) is 6.38. The number of nitrogens with two attached hydrogens (primary N) is 1. The molecule has 10 heteroatoms. The highest BCUT2D eigenvalue weighted by molar-refractivity contribution is 7.81. The highest BCUT2D eigenvalue weighted by atomic mass is 32.1. The average molecular weight is 453 g/mol. The number of hydrogen-bond donors (Lipinski definition) is 2. The van der Waals surface area contributed by atoms with Crippen molar-refractivity contribution < 1.29 is 29.0 Å². The van der Waals surface area contributed by atoms with Crippen LogP contribution in [0.1, 0.15) is 44.6 Å². The van der Waals surface area contributed by atoms with E-state index in [9.17, 15) is 19.5 Å². The van der Waals surface area contributed by atoms with Crippen LogP contribution in [0.4, 0.5) is 0 Å². The summed E-state index contributed by atoms with van der Waals surface area (Å²) in [6.45, 7) is 6.05. The van der Waals surface area contributed by atoms with Crippen molar-refractivity contribution in [2.24, 2.45) is 17.1 Å². The highest BCUT2D eigenvalue weighted by Crippen LogP contribution is 2.47. The Labute approximate surface area is 183 Å². The molecular weight excluding hydrogens is 428 g/mol. The Morgan fingerprint density at radius 3 is 2.60 bits per heavy atom. The minimum absolute atomic E-state index is 0.0981. The van der Waals surface area contributed by atoms with Crippen molar-refractivity contribution in [3.8, 4) is 0 Å². The molecule has 3 rings (SSSR count). The van der Waals surface area contributed by atoms with Crippen molar-refractivity contribution in [3.05, 3.63) is 27.6 Å². The number of fused-ring (bicyclic) bond motifs is 1. The summed E-state index contributed by atoms with van der Waals surface area (Å²) in [5, 5.41) is 11.8. The Hall–Kier alpha value is -2.30. The molecule has 0 saturated carbocycles. The van der Waals surface area contributed by atoms with Crippen molar-refractivity contribution in [2.75, 3.05) is 6.79 Å². The quantitative estimate of drug-likeness (QED) is 0.290. The Balaban J connectivity index is 1.85. The molecule has 1 aromatic rings. The standard InChI is InChI=1S/C20H24N2O6S2/c1-9(23)14-12-6-11(10-5-13(16(21)29)30-7-10)15(22(12)17(14)24)18(25)27-8-28-19(26)20(2,3)4/h5,7,9,12,14,23H,6,8H2,1-4H3,(H2,21,29)/t9-,12?,14?/m1/s1. The molecule has 0 aliphatic carbocycles. The maximum atomic E-state index is 12.8. The van der Waals surface area contributed by atoms with Crippen molar-refractivity contribution in [1.29, 1.82) is 0 Å². The predicted octanol–water partition coefficient (Wildman–Crippen LogP) is 1.79. The zero-order valence-electron chi connectivity index (χ0n) is 17.1. The maximum absolute atomic E-state index is 12.8. The molecule has 3 heterocycles. The van der Waals surface area contributed by atoms with E-state index in [1.807, 2.05) is 5.38 Å². The van der Waals surface area contributed by atoms with Crippen molar-refractivity contribution >= 4 is 52.0 Å². The number of aliphatic hydroxyl groups excluding tert-OH is 1. The summed E-state index contributed by atoms with van der Waals surface area (Å²) in [6.07, 6.45) is -0.445. The number of esters is 2. The molecule has 1 amide bonds. The fourth-order valence-electron chi connectivity index (χ4n) is 3.56. The minimum atomic E-state index is -0.835. The first-order chi connectivity index (χ1) is 13.9. The molecule has 162 valence electrons. The lowest BCUT2D eigenvalue weighted by Crippen LogP contribution is -2.61. The van der Waals surface area contributed by atoms with E-state index < -0.39 is 36.2 Å². The SMILES string of the molecule is C[C@@H](O)C1C(=O)N2C(C(=O)OCOC(=O)C(C)(C)C)=C(c3csc(C(N)=S)c3)CC12. The van der Waals surface area contributed by atoms with E-state index in [-0.39, 0.29) is 22.6 Å². The second-order valence-corrected chi connectivity index (χ2v) is 9.72. The Bertz CT molecular complexity index is 943. The Kier molecular flexibility index (Phi) is 6.03. The lowest BCUT2D eigenvalue weighted by Gasteiger charge is -2.44. The van der Waals surface area contributed by atoms with Gasteiger partial charge in [-0.05, 0) is 56.7 Å². The number of carbonyl (C=O) groups excluding carboxylic acids is 3. The first-order valence-corrected chi connectivity index (χ1v) is 10.7. The number of thiophene rings is 1. The fraction of sp³-hybridized carbons (Fsp3) is 0.500. The summed E-state index contributed by atoms with van der Waals surface area (Å²) in [7, 11) is 0. The van der Waals surface area contributed by atoms with Crippen LogP contribution in [0.15, 0.2) is 17.1 Å². The number of ether oxygens (including phenoxy) is 2. The van der Waals surface area contributed by atoms with Crippen LogP contribution in [-0.4, -0.2) is 51.8 Å². The molecule has 30 heavy (non-hydrogen) atoms. The number of amides is 1. The minimum Gasteiger partial charge on any atom is -0.427 e. The number of aliphatic hydroxyl groups is 1. The van der Waals surface area contributed by atoms with E-state index in [2.05, 4.69) is 0 Å². The normalized spacial score (nSPS) is 21.8. The van der Waals surface area contributed by atoms with Gasteiger partial charge in [0.2, 0.25) is 12.7 Å². The third kappa shape index (κ3) is 3.99. The number of nitrogens with zero attached hydrogens (tertiary/aromatic N) is 1. The smallest absolute Gasteiger partial charge is 0.358 e. The topological polar surface area (TPSA) is 119 Å². The number of β-lactam (4-membered cyclic amide) rings is 1. The molecule has 2 aliphatic rings. The summed E-state index contributed by atoms with van der Waals surface area (Å²) in [5.74, 6) is -2.21. The number of carbonyl (C=O) groups is 3. The van der Waals surface area contributed by atoms with Crippen LogP contribution in [0.25, 0.3) is 5.57 Å². The molecule has 1 saturated heterocycles. The van der Waals surface area contributed by atoms with E-state index in [0.717, 1.165) is 0 Å². The van der Waals surface area contributed by atoms with Gasteiger partial charge >= 0.3 is 11.9 Å². The zero-order chi connectivity index (χ0) is 22.4. The van der Waals surface area contributed by atoms with E-state index in [1.54, 1.807) is 33.8 Å². The van der Waals surface area contributed by atoms with E-state index in [1.165, 1.54) is 16.2 Å². The van der Waals surface area contributed by atoms with Crippen molar-refractivity contribution in [2.45, 2.75) is 46.3 Å². The van der Waals surface area contributed by atoms with Gasteiger partial charge in [-0.25, -0.2) is 4.79 Å². The second kappa shape index (κ2) is 8.09. The van der Waals surface area contributed by atoms with Gasteiger partial charge < -0.3 is 25.2 Å². The molecule has 1 aromatic heterocycles. The van der Waals surface area contributed by atoms with Crippen LogP contribution >= 0.6 is 23.6 Å². The van der Waals surface area contributed by atoms with Gasteiger partial charge in [-0.1, -0.05) is 12.2 Å². The second-order valence-electron chi connectivity index (χ2n) is 8.37. The lowest BCUT2D eigenvalue weighted by molar-refractivity contribution is -0.175. The molecule has 3 N–H and O–H groups in total. The third-order valence-electron chi connectivity index (χ3n) is 5.11. The van der Waals surface area contributed by atoms with Gasteiger partial charge in [0, 0.05) is 0 Å². The zero-order valence-corrected chi connectivity index (χ0v) is 18.8. The summed E-state index contributed by atoms with van der Waals surface area (Å²) < 4.78 is 10.2. The molecule has 2 aliphatic heterocycles. The number of rotatable bonds is 6. The molecule has 2 unspecified atom stereocenters. The van der Waals surface area contributed by atoms with Gasteiger partial charge in [-0.15, -0.1) is 11.3 Å². The van der Waals surface area contributed by atoms with Gasteiger partial charge in [-0.2, -0.15) is 0 Å². The monoisotopic (exact) mass is 452 g/mol. The van der Waals surface area contributed by atoms with Crippen LogP contribution in [0.2, 0.25) is 0 Å². The van der Waals surface area contributed by atoms with Gasteiger partial charge in [-0.3, -0.25) is 9.59 Å². The molecular formula is C20H24N2O6S2. The molecule has 1 fully saturated rings. The van der Waals surface area contributed by atoms with Crippen LogP contribution in [0, 0.1) is 11.3 Å². The van der Waals surface area contributed by atoms with Crippen LogP contribution in [0.3, 0.4) is 0 Å². The van der Waals surface area contributed by atoms with Gasteiger partial charge in [0.1, 0.15) is 10.7 Å². The molecule has 0 radical (unpaired) electrons. The average Bonchev–Trinajstić information content (AvgIpc) is 3.23. The van der Waals surface area contributed by atoms with E-state index in [4.69, 9.17) is 27.4 Å². The predicted molar refractivity (Wildman–Crippen MR) is 114 cm³/mol. The van der Waals surface area contributed by atoms with Gasteiger partial charge in [0.05, 0.1) is 28.4 Å². The lowest BCUT2D eigenvalue weighted by atomic mass is 9.82. The summed E-state index contributed by atoms with van der Waals surface area (Å²) in [6, 6.07) is 1.43. The van der Waals surface area contributed by atoms with Gasteiger partial charge in [0.25, 0.3) is 0 Å². The van der Waals surface area contributed by atoms with Crippen LogP contribution in [0.5, 0.6) is 0 Å². The molecule has 3 atom stereocenters. The largest absolute Gasteiger partial charge is 0.427 e.